The molecule has 172 valence electrons. The monoisotopic (exact) mass is 470 g/mol. The highest BCUT2D eigenvalue weighted by atomic mass is 32.2. The molecule has 0 saturated carbocycles. The number of carbonyl (C=O) groups excluding carboxylic acids is 1. The van der Waals surface area contributed by atoms with E-state index in [-0.39, 0.29) is 23.6 Å². The van der Waals surface area contributed by atoms with Crippen LogP contribution in [0.25, 0.3) is 0 Å². The van der Waals surface area contributed by atoms with Gasteiger partial charge in [0.15, 0.2) is 0 Å². The summed E-state index contributed by atoms with van der Waals surface area (Å²) in [4.78, 5) is 16.9. The number of carbonyl (C=O) groups is 1. The molecule has 0 aromatic heterocycles. The van der Waals surface area contributed by atoms with Crippen molar-refractivity contribution in [2.45, 2.75) is 22.3 Å². The number of nitriles is 1. The lowest BCUT2D eigenvalue weighted by Crippen LogP contribution is -2.24. The van der Waals surface area contributed by atoms with Gasteiger partial charge in [-0.3, -0.25) is 15.1 Å². The lowest BCUT2D eigenvalue weighted by molar-refractivity contribution is -0.145. The van der Waals surface area contributed by atoms with Gasteiger partial charge in [-0.1, -0.05) is 60.3 Å². The molecule has 0 amide bonds. The predicted octanol–water partition coefficient (Wildman–Crippen LogP) is 4.38. The fourth-order valence-electron chi connectivity index (χ4n) is 4.42. The van der Waals surface area contributed by atoms with Gasteiger partial charge in [-0.05, 0) is 35.4 Å². The Morgan fingerprint density at radius 1 is 1.12 bits per heavy atom. The van der Waals surface area contributed by atoms with Gasteiger partial charge in [-0.2, -0.15) is 5.26 Å². The maximum Gasteiger partial charge on any atom is 0.310 e. The first-order valence-electron chi connectivity index (χ1n) is 11.0. The molecule has 1 fully saturated rings. The molecular formula is C27H26N4O2S. The molecule has 3 N–H and O–H groups in total. The molecule has 1 aliphatic rings. The molecule has 0 aliphatic carbocycles. The highest BCUT2D eigenvalue weighted by Crippen LogP contribution is 2.37. The van der Waals surface area contributed by atoms with Crippen LogP contribution < -0.4 is 5.73 Å². The standard InChI is InChI=1S/C27H26N4O2S/c1-33-27(32)23-17-31(16-22(23)18-9-6-10-19(13-18)26(29)30)15-21-8-3-5-12-25(21)34-24-11-4-2-7-20(24)14-28/h2-13,22-23H,15-17H2,1H3,(H3,29,30)/t22-,23+/m1/s1. The summed E-state index contributed by atoms with van der Waals surface area (Å²) in [5.41, 5.74) is 9.12. The van der Waals surface area contributed by atoms with E-state index in [2.05, 4.69) is 23.1 Å². The number of nitrogen functional groups attached to an aromatic ring is 1. The molecule has 34 heavy (non-hydrogen) atoms. The van der Waals surface area contributed by atoms with E-state index in [1.54, 1.807) is 17.8 Å². The van der Waals surface area contributed by atoms with Crippen molar-refractivity contribution >= 4 is 23.6 Å². The molecule has 0 unspecified atom stereocenters. The number of nitrogens with zero attached hydrogens (tertiary/aromatic N) is 2. The van der Waals surface area contributed by atoms with Gasteiger partial charge in [0, 0.05) is 40.9 Å². The summed E-state index contributed by atoms with van der Waals surface area (Å²) in [6.07, 6.45) is 0. The second-order valence-electron chi connectivity index (χ2n) is 8.29. The van der Waals surface area contributed by atoms with Crippen molar-refractivity contribution in [2.75, 3.05) is 20.2 Å². The number of nitrogens with one attached hydrogen (secondary N) is 1. The molecule has 7 heteroatoms. The van der Waals surface area contributed by atoms with Crippen molar-refractivity contribution in [2.24, 2.45) is 11.7 Å². The maximum atomic E-state index is 12.6. The maximum absolute atomic E-state index is 12.6. The van der Waals surface area contributed by atoms with E-state index in [9.17, 15) is 10.1 Å². The Hall–Kier alpha value is -3.60. The Balaban J connectivity index is 1.58. The van der Waals surface area contributed by atoms with Crippen LogP contribution >= 0.6 is 11.8 Å². The van der Waals surface area contributed by atoms with E-state index in [4.69, 9.17) is 15.9 Å². The van der Waals surface area contributed by atoms with Gasteiger partial charge < -0.3 is 10.5 Å². The zero-order chi connectivity index (χ0) is 24.1. The van der Waals surface area contributed by atoms with Gasteiger partial charge in [0.05, 0.1) is 18.6 Å². The Morgan fingerprint density at radius 2 is 1.85 bits per heavy atom. The van der Waals surface area contributed by atoms with Crippen LogP contribution in [0.2, 0.25) is 0 Å². The topological polar surface area (TPSA) is 103 Å². The number of rotatable bonds is 7. The van der Waals surface area contributed by atoms with Crippen LogP contribution in [0, 0.1) is 22.7 Å². The van der Waals surface area contributed by atoms with Crippen molar-refractivity contribution in [3.05, 3.63) is 95.1 Å². The first kappa shape index (κ1) is 23.6. The number of hydrogen-bond acceptors (Lipinski definition) is 6. The van der Waals surface area contributed by atoms with Gasteiger partial charge in [0.2, 0.25) is 0 Å². The molecule has 0 radical (unpaired) electrons. The van der Waals surface area contributed by atoms with E-state index in [0.717, 1.165) is 20.9 Å². The SMILES string of the molecule is COC(=O)[C@H]1CN(Cc2ccccc2Sc2ccccc2C#N)C[C@@H]1c1cccc(C(=N)N)c1. The lowest BCUT2D eigenvalue weighted by atomic mass is 9.88. The highest BCUT2D eigenvalue weighted by Gasteiger charge is 2.39. The largest absolute Gasteiger partial charge is 0.469 e. The third-order valence-electron chi connectivity index (χ3n) is 6.12. The van der Waals surface area contributed by atoms with Crippen LogP contribution in [0.3, 0.4) is 0 Å². The fourth-order valence-corrected chi connectivity index (χ4v) is 5.44. The zero-order valence-corrected chi connectivity index (χ0v) is 19.7. The third-order valence-corrected chi connectivity index (χ3v) is 7.31. The van der Waals surface area contributed by atoms with Gasteiger partial charge in [0.1, 0.15) is 11.9 Å². The van der Waals surface area contributed by atoms with E-state index in [0.29, 0.717) is 30.8 Å². The summed E-state index contributed by atoms with van der Waals surface area (Å²) in [6.45, 7) is 1.94. The quantitative estimate of drug-likeness (QED) is 0.302. The van der Waals surface area contributed by atoms with Crippen LogP contribution in [0.4, 0.5) is 0 Å². The Labute approximate surface area is 203 Å². The van der Waals surface area contributed by atoms with E-state index >= 15 is 0 Å². The fraction of sp³-hybridized carbons (Fsp3) is 0.222. The normalized spacial score (nSPS) is 17.8. The summed E-state index contributed by atoms with van der Waals surface area (Å²) in [7, 11) is 1.42. The Kier molecular flexibility index (Phi) is 7.31. The molecule has 1 heterocycles. The Bertz CT molecular complexity index is 1250. The first-order chi connectivity index (χ1) is 16.5. The van der Waals surface area contributed by atoms with E-state index in [1.165, 1.54) is 7.11 Å². The lowest BCUT2D eigenvalue weighted by Gasteiger charge is -2.19. The van der Waals surface area contributed by atoms with E-state index in [1.807, 2.05) is 54.6 Å². The predicted molar refractivity (Wildman–Crippen MR) is 133 cm³/mol. The Morgan fingerprint density at radius 3 is 2.59 bits per heavy atom. The average molecular weight is 471 g/mol. The molecule has 0 spiro atoms. The summed E-state index contributed by atoms with van der Waals surface area (Å²) in [6, 6.07) is 25.6. The summed E-state index contributed by atoms with van der Waals surface area (Å²) in [5.74, 6) is -0.571. The molecule has 1 aliphatic heterocycles. The minimum Gasteiger partial charge on any atom is -0.469 e. The molecule has 0 bridgehead atoms. The second-order valence-corrected chi connectivity index (χ2v) is 9.37. The molecule has 1 saturated heterocycles. The number of esters is 1. The third kappa shape index (κ3) is 5.14. The number of hydrogen-bond donors (Lipinski definition) is 2. The van der Waals surface area contributed by atoms with Crippen molar-refractivity contribution < 1.29 is 9.53 Å². The average Bonchev–Trinajstić information content (AvgIpc) is 3.29. The number of methoxy groups -OCH3 is 1. The van der Waals surface area contributed by atoms with E-state index < -0.39 is 0 Å². The number of benzene rings is 3. The first-order valence-corrected chi connectivity index (χ1v) is 11.8. The molecular weight excluding hydrogens is 444 g/mol. The molecule has 3 aromatic rings. The van der Waals surface area contributed by atoms with Gasteiger partial charge in [0.25, 0.3) is 0 Å². The molecule has 2 atom stereocenters. The van der Waals surface area contributed by atoms with Crippen molar-refractivity contribution in [1.82, 2.24) is 4.90 Å². The van der Waals surface area contributed by atoms with Gasteiger partial charge in [-0.25, -0.2) is 0 Å². The summed E-state index contributed by atoms with van der Waals surface area (Å²) in [5, 5.41) is 17.2. The number of ether oxygens (including phenoxy) is 1. The second kappa shape index (κ2) is 10.6. The van der Waals surface area contributed by atoms with Crippen LogP contribution in [0.5, 0.6) is 0 Å². The smallest absolute Gasteiger partial charge is 0.310 e. The number of likely N-dealkylation sites (tertiary alicyclic amines) is 1. The molecule has 6 nitrogen and oxygen atoms in total. The van der Waals surface area contributed by atoms with Gasteiger partial charge >= 0.3 is 5.97 Å². The summed E-state index contributed by atoms with van der Waals surface area (Å²) >= 11 is 1.58. The van der Waals surface area contributed by atoms with Crippen molar-refractivity contribution in [3.8, 4) is 6.07 Å². The number of nitrogens with two attached hydrogens (primary N) is 1. The summed E-state index contributed by atoms with van der Waals surface area (Å²) < 4.78 is 5.12. The van der Waals surface area contributed by atoms with Crippen molar-refractivity contribution in [3.63, 3.8) is 0 Å². The van der Waals surface area contributed by atoms with Crippen molar-refractivity contribution in [1.29, 1.82) is 10.7 Å². The van der Waals surface area contributed by atoms with Crippen LogP contribution in [0.1, 0.15) is 28.2 Å². The van der Waals surface area contributed by atoms with Crippen LogP contribution in [-0.4, -0.2) is 36.9 Å². The minimum absolute atomic E-state index is 0.00919. The minimum atomic E-state index is -0.300. The molecule has 3 aromatic carbocycles. The van der Waals surface area contributed by atoms with Crippen LogP contribution in [-0.2, 0) is 16.1 Å². The van der Waals surface area contributed by atoms with Crippen LogP contribution in [0.15, 0.2) is 82.6 Å². The molecule has 4 rings (SSSR count). The highest BCUT2D eigenvalue weighted by molar-refractivity contribution is 7.99. The van der Waals surface area contributed by atoms with Gasteiger partial charge in [-0.15, -0.1) is 0 Å². The zero-order valence-electron chi connectivity index (χ0n) is 18.9. The number of amidine groups is 1.